The highest BCUT2D eigenvalue weighted by molar-refractivity contribution is 5.74. The summed E-state index contributed by atoms with van der Waals surface area (Å²) in [6, 6.07) is 8.07. The smallest absolute Gasteiger partial charge is 0.317 e. The van der Waals surface area contributed by atoms with Crippen molar-refractivity contribution in [2.75, 3.05) is 13.1 Å². The Kier molecular flexibility index (Phi) is 3.62. The van der Waals surface area contributed by atoms with Gasteiger partial charge in [0.25, 0.3) is 0 Å². The molecule has 2 aromatic rings. The Balaban J connectivity index is 1.64. The predicted octanol–water partition coefficient (Wildman–Crippen LogP) is 1.24. The molecule has 0 bridgehead atoms. The lowest BCUT2D eigenvalue weighted by atomic mass is 10.1. The van der Waals surface area contributed by atoms with Crippen molar-refractivity contribution in [2.45, 2.75) is 19.5 Å². The van der Waals surface area contributed by atoms with Gasteiger partial charge in [0, 0.05) is 19.6 Å². The molecule has 104 valence electrons. The van der Waals surface area contributed by atoms with Crippen molar-refractivity contribution in [3.63, 3.8) is 0 Å². The van der Waals surface area contributed by atoms with Gasteiger partial charge in [-0.15, -0.1) is 0 Å². The Morgan fingerprint density at radius 3 is 2.70 bits per heavy atom. The predicted molar refractivity (Wildman–Crippen MR) is 74.0 cm³/mol. The number of aromatic nitrogens is 3. The van der Waals surface area contributed by atoms with Crippen LogP contribution in [0.25, 0.3) is 0 Å². The Morgan fingerprint density at radius 1 is 1.25 bits per heavy atom. The van der Waals surface area contributed by atoms with Crippen LogP contribution >= 0.6 is 0 Å². The molecule has 1 aliphatic rings. The Morgan fingerprint density at radius 2 is 2.05 bits per heavy atom. The van der Waals surface area contributed by atoms with Crippen LogP contribution in [0.2, 0.25) is 0 Å². The molecule has 3 rings (SSSR count). The van der Waals surface area contributed by atoms with Crippen LogP contribution in [0.4, 0.5) is 4.79 Å². The number of urea groups is 1. The van der Waals surface area contributed by atoms with E-state index in [-0.39, 0.29) is 6.03 Å². The average molecular weight is 271 g/mol. The highest BCUT2D eigenvalue weighted by Gasteiger charge is 2.19. The minimum atomic E-state index is 0.0202. The number of benzene rings is 1. The topological polar surface area (TPSA) is 63.1 Å². The van der Waals surface area contributed by atoms with Gasteiger partial charge in [0.2, 0.25) is 0 Å². The molecule has 0 aliphatic carbocycles. The lowest BCUT2D eigenvalue weighted by molar-refractivity contribution is 0.167. The fraction of sp³-hybridized carbons (Fsp3) is 0.357. The van der Waals surface area contributed by atoms with Gasteiger partial charge in [-0.2, -0.15) is 5.10 Å². The monoisotopic (exact) mass is 271 g/mol. The van der Waals surface area contributed by atoms with Gasteiger partial charge in [-0.25, -0.2) is 14.5 Å². The first-order valence-corrected chi connectivity index (χ1v) is 6.75. The molecule has 20 heavy (non-hydrogen) atoms. The molecule has 0 radical (unpaired) electrons. The van der Waals surface area contributed by atoms with Gasteiger partial charge >= 0.3 is 6.03 Å². The van der Waals surface area contributed by atoms with E-state index in [2.05, 4.69) is 15.4 Å². The van der Waals surface area contributed by atoms with Gasteiger partial charge in [-0.3, -0.25) is 0 Å². The summed E-state index contributed by atoms with van der Waals surface area (Å²) >= 11 is 0. The first kappa shape index (κ1) is 12.7. The lowest BCUT2D eigenvalue weighted by Crippen LogP contribution is -2.47. The number of carbonyl (C=O) groups excluding carboxylic acids is 1. The number of nitrogens with one attached hydrogen (secondary N) is 1. The average Bonchev–Trinajstić information content (AvgIpc) is 2.88. The quantitative estimate of drug-likeness (QED) is 0.910. The largest absolute Gasteiger partial charge is 0.334 e. The third-order valence-corrected chi connectivity index (χ3v) is 3.49. The van der Waals surface area contributed by atoms with E-state index in [1.165, 1.54) is 6.33 Å². The summed E-state index contributed by atoms with van der Waals surface area (Å²) in [6.45, 7) is 2.94. The van der Waals surface area contributed by atoms with Gasteiger partial charge in [-0.05, 0) is 17.5 Å². The number of hydrogen-bond donors (Lipinski definition) is 1. The molecular formula is C14H17N5O. The number of carbonyl (C=O) groups is 1. The van der Waals surface area contributed by atoms with Crippen molar-refractivity contribution in [2.24, 2.45) is 0 Å². The van der Waals surface area contributed by atoms with Crippen molar-refractivity contribution >= 4 is 6.03 Å². The number of amides is 2. The third-order valence-electron chi connectivity index (χ3n) is 3.49. The number of hydrogen-bond acceptors (Lipinski definition) is 3. The fourth-order valence-electron chi connectivity index (χ4n) is 2.18. The van der Waals surface area contributed by atoms with Crippen molar-refractivity contribution in [3.8, 4) is 0 Å². The summed E-state index contributed by atoms with van der Waals surface area (Å²) in [5, 5.41) is 7.07. The zero-order valence-corrected chi connectivity index (χ0v) is 11.2. The van der Waals surface area contributed by atoms with E-state index < -0.39 is 0 Å². The van der Waals surface area contributed by atoms with E-state index in [1.54, 1.807) is 11.0 Å². The summed E-state index contributed by atoms with van der Waals surface area (Å²) in [6.07, 6.45) is 4.32. The lowest BCUT2D eigenvalue weighted by Gasteiger charge is -2.30. The van der Waals surface area contributed by atoms with Gasteiger partial charge in [0.05, 0.1) is 6.54 Å². The molecule has 1 fully saturated rings. The van der Waals surface area contributed by atoms with Crippen molar-refractivity contribution in [1.82, 2.24) is 25.0 Å². The van der Waals surface area contributed by atoms with Crippen molar-refractivity contribution in [1.29, 1.82) is 0 Å². The van der Waals surface area contributed by atoms with Crippen LogP contribution in [0, 0.1) is 0 Å². The van der Waals surface area contributed by atoms with Crippen LogP contribution in [-0.2, 0) is 13.1 Å². The van der Waals surface area contributed by atoms with Gasteiger partial charge in [-0.1, -0.05) is 24.3 Å². The number of likely N-dealkylation sites (tertiary alicyclic amines) is 1. The minimum Gasteiger partial charge on any atom is -0.334 e. The Bertz CT molecular complexity index is 577. The maximum atomic E-state index is 11.8. The summed E-state index contributed by atoms with van der Waals surface area (Å²) in [7, 11) is 0. The van der Waals surface area contributed by atoms with E-state index in [0.717, 1.165) is 30.6 Å². The van der Waals surface area contributed by atoms with Crippen LogP contribution < -0.4 is 5.32 Å². The Hall–Kier alpha value is -2.37. The maximum absolute atomic E-state index is 11.8. The molecule has 0 atom stereocenters. The summed E-state index contributed by atoms with van der Waals surface area (Å²) in [5.41, 5.74) is 2.25. The van der Waals surface area contributed by atoms with Crippen molar-refractivity contribution in [3.05, 3.63) is 48.0 Å². The van der Waals surface area contributed by atoms with E-state index in [1.807, 2.05) is 29.2 Å². The normalized spacial score (nSPS) is 13.9. The Labute approximate surface area is 117 Å². The summed E-state index contributed by atoms with van der Waals surface area (Å²) in [4.78, 5) is 17.6. The molecular weight excluding hydrogens is 254 g/mol. The highest BCUT2D eigenvalue weighted by Crippen LogP contribution is 2.11. The first-order valence-electron chi connectivity index (χ1n) is 6.75. The summed E-state index contributed by atoms with van der Waals surface area (Å²) < 4.78 is 1.77. The van der Waals surface area contributed by atoms with Gasteiger partial charge in [0.15, 0.2) is 0 Å². The second kappa shape index (κ2) is 5.73. The van der Waals surface area contributed by atoms with Crippen LogP contribution in [-0.4, -0.2) is 38.8 Å². The zero-order valence-electron chi connectivity index (χ0n) is 11.2. The molecule has 0 unspecified atom stereocenters. The molecule has 1 aromatic heterocycles. The molecule has 2 amide bonds. The first-order chi connectivity index (χ1) is 9.83. The molecule has 2 heterocycles. The van der Waals surface area contributed by atoms with E-state index in [4.69, 9.17) is 0 Å². The molecule has 6 heteroatoms. The van der Waals surface area contributed by atoms with Crippen molar-refractivity contribution < 1.29 is 4.79 Å². The maximum Gasteiger partial charge on any atom is 0.317 e. The van der Waals surface area contributed by atoms with E-state index in [0.29, 0.717) is 13.1 Å². The van der Waals surface area contributed by atoms with Crippen LogP contribution in [0.1, 0.15) is 17.5 Å². The number of nitrogens with zero attached hydrogens (tertiary/aromatic N) is 4. The van der Waals surface area contributed by atoms with E-state index >= 15 is 0 Å². The molecule has 0 saturated carbocycles. The minimum absolute atomic E-state index is 0.0202. The van der Waals surface area contributed by atoms with E-state index in [9.17, 15) is 4.79 Å². The van der Waals surface area contributed by atoms with Crippen LogP contribution in [0.3, 0.4) is 0 Å². The molecule has 6 nitrogen and oxygen atoms in total. The SMILES string of the molecule is O=C(NCc1ccccc1Cn1cncn1)N1CCC1. The molecule has 1 aromatic carbocycles. The van der Waals surface area contributed by atoms with Gasteiger partial charge < -0.3 is 10.2 Å². The third kappa shape index (κ3) is 2.79. The van der Waals surface area contributed by atoms with Crippen LogP contribution in [0.15, 0.2) is 36.9 Å². The number of rotatable bonds is 4. The fourth-order valence-corrected chi connectivity index (χ4v) is 2.18. The molecule has 1 N–H and O–H groups in total. The second-order valence-electron chi connectivity index (χ2n) is 4.86. The van der Waals surface area contributed by atoms with Crippen LogP contribution in [0.5, 0.6) is 0 Å². The second-order valence-corrected chi connectivity index (χ2v) is 4.86. The molecule has 1 aliphatic heterocycles. The van der Waals surface area contributed by atoms with Gasteiger partial charge in [0.1, 0.15) is 12.7 Å². The standard InChI is InChI=1S/C14H17N5O/c20-14(18-6-3-7-18)16-8-12-4-1-2-5-13(12)9-19-11-15-10-17-19/h1-2,4-5,10-11H,3,6-9H2,(H,16,20). The zero-order chi connectivity index (χ0) is 13.8. The highest BCUT2D eigenvalue weighted by atomic mass is 16.2. The molecule has 1 saturated heterocycles. The summed E-state index contributed by atoms with van der Waals surface area (Å²) in [5.74, 6) is 0. The molecule has 0 spiro atoms.